The van der Waals surface area contributed by atoms with Gasteiger partial charge in [-0.25, -0.2) is 0 Å². The van der Waals surface area contributed by atoms with Crippen LogP contribution in [0.3, 0.4) is 0 Å². The Morgan fingerprint density at radius 1 is 1.31 bits per heavy atom. The zero-order chi connectivity index (χ0) is 12.2. The zero-order valence-corrected chi connectivity index (χ0v) is 10.0. The summed E-state index contributed by atoms with van der Waals surface area (Å²) in [6.45, 7) is 0.684. The molecule has 1 unspecified atom stereocenters. The molecule has 0 heterocycles. The summed E-state index contributed by atoms with van der Waals surface area (Å²) in [6.07, 6.45) is 0. The number of nitrogens with two attached hydrogens (primary N) is 1. The van der Waals surface area contributed by atoms with Crippen LogP contribution in [0.5, 0.6) is 5.75 Å². The smallest absolute Gasteiger partial charge is 0.284 e. The lowest BCUT2D eigenvalue weighted by Crippen LogP contribution is -2.07. The Labute approximate surface area is 95.1 Å². The normalized spacial score (nSPS) is 11.5. The maximum absolute atomic E-state index is 13.0. The highest BCUT2D eigenvalue weighted by Crippen LogP contribution is 2.37. The van der Waals surface area contributed by atoms with Crippen LogP contribution in [-0.2, 0) is 10.4 Å². The molecular formula is C10H14F2NO2P. The number of benzene rings is 1. The molecule has 6 heteroatoms. The largest absolute Gasteiger partial charge is 0.491 e. The van der Waals surface area contributed by atoms with Gasteiger partial charge in [0.1, 0.15) is 12.4 Å². The molecule has 0 aliphatic carbocycles. The van der Waals surface area contributed by atoms with E-state index in [0.29, 0.717) is 19.0 Å². The van der Waals surface area contributed by atoms with Gasteiger partial charge in [0.05, 0.1) is 6.61 Å². The zero-order valence-electron chi connectivity index (χ0n) is 8.87. The number of nitrogen functional groups attached to an aromatic ring is 1. The van der Waals surface area contributed by atoms with E-state index in [-0.39, 0.29) is 11.3 Å². The van der Waals surface area contributed by atoms with Crippen molar-refractivity contribution in [2.24, 2.45) is 0 Å². The maximum Gasteiger partial charge on any atom is 0.284 e. The van der Waals surface area contributed by atoms with E-state index in [1.807, 2.05) is 0 Å². The van der Waals surface area contributed by atoms with Gasteiger partial charge >= 0.3 is 0 Å². The third-order valence-corrected chi connectivity index (χ3v) is 2.20. The summed E-state index contributed by atoms with van der Waals surface area (Å²) in [4.78, 5) is 0. The van der Waals surface area contributed by atoms with Crippen LogP contribution in [0.4, 0.5) is 14.5 Å². The third-order valence-electron chi connectivity index (χ3n) is 1.87. The highest BCUT2D eigenvalue weighted by molar-refractivity contribution is 7.17. The number of halogens is 2. The monoisotopic (exact) mass is 249 g/mol. The van der Waals surface area contributed by atoms with Gasteiger partial charge in [0, 0.05) is 24.4 Å². The fourth-order valence-corrected chi connectivity index (χ4v) is 1.31. The number of hydrogen-bond donors (Lipinski definition) is 1. The minimum Gasteiger partial charge on any atom is -0.491 e. The van der Waals surface area contributed by atoms with E-state index in [1.54, 1.807) is 0 Å². The summed E-state index contributed by atoms with van der Waals surface area (Å²) in [6, 6.07) is 3.98. The van der Waals surface area contributed by atoms with E-state index in [1.165, 1.54) is 34.5 Å². The van der Waals surface area contributed by atoms with Crippen molar-refractivity contribution < 1.29 is 18.3 Å². The van der Waals surface area contributed by atoms with E-state index in [2.05, 4.69) is 0 Å². The molecule has 90 valence electrons. The number of rotatable bonds is 5. The standard InChI is InChI=1S/C10H14F2NO2P/c1-14-2-3-15-9-5-7(10(11,12)16)4-8(13)6-9/h4-6H,2-3,13,16H2,1H3. The average Bonchev–Trinajstić information content (AvgIpc) is 2.16. The van der Waals surface area contributed by atoms with E-state index >= 15 is 0 Å². The molecule has 1 aromatic carbocycles. The van der Waals surface area contributed by atoms with Gasteiger partial charge in [-0.15, -0.1) is 0 Å². The van der Waals surface area contributed by atoms with Crippen molar-refractivity contribution in [3.63, 3.8) is 0 Å². The van der Waals surface area contributed by atoms with Crippen LogP contribution in [-0.4, -0.2) is 20.3 Å². The van der Waals surface area contributed by atoms with Crippen LogP contribution in [0, 0.1) is 0 Å². The molecule has 0 aromatic heterocycles. The number of alkyl halides is 2. The molecule has 0 radical (unpaired) electrons. The van der Waals surface area contributed by atoms with Crippen LogP contribution < -0.4 is 10.5 Å². The van der Waals surface area contributed by atoms with Gasteiger partial charge in [-0.2, -0.15) is 8.78 Å². The summed E-state index contributed by atoms with van der Waals surface area (Å²) in [7, 11) is 3.00. The molecule has 1 rings (SSSR count). The topological polar surface area (TPSA) is 44.5 Å². The SMILES string of the molecule is COCCOc1cc(N)cc(C(F)(F)P)c1. The van der Waals surface area contributed by atoms with Crippen LogP contribution >= 0.6 is 9.24 Å². The van der Waals surface area contributed by atoms with Crippen molar-refractivity contribution in [2.75, 3.05) is 26.1 Å². The van der Waals surface area contributed by atoms with Crippen molar-refractivity contribution in [2.45, 2.75) is 5.66 Å². The molecule has 0 saturated heterocycles. The first-order valence-corrected chi connectivity index (χ1v) is 5.20. The second-order valence-corrected chi connectivity index (χ2v) is 3.98. The summed E-state index contributed by atoms with van der Waals surface area (Å²) in [5.41, 5.74) is 2.55. The maximum atomic E-state index is 13.0. The minimum atomic E-state index is -3.01. The molecule has 0 saturated carbocycles. The number of ether oxygens (including phenoxy) is 2. The van der Waals surface area contributed by atoms with E-state index in [4.69, 9.17) is 15.2 Å². The molecule has 1 atom stereocenters. The molecule has 0 aliphatic heterocycles. The van der Waals surface area contributed by atoms with Gasteiger partial charge in [-0.05, 0) is 12.1 Å². The Balaban J connectivity index is 2.82. The molecule has 0 amide bonds. The van der Waals surface area contributed by atoms with Crippen molar-refractivity contribution in [1.82, 2.24) is 0 Å². The number of anilines is 1. The predicted octanol–water partition coefficient (Wildman–Crippen LogP) is 2.22. The number of methoxy groups -OCH3 is 1. The lowest BCUT2D eigenvalue weighted by molar-refractivity contribution is 0.103. The van der Waals surface area contributed by atoms with Crippen molar-refractivity contribution in [3.8, 4) is 5.75 Å². The molecular weight excluding hydrogens is 235 g/mol. The predicted molar refractivity (Wildman–Crippen MR) is 61.8 cm³/mol. The summed E-state index contributed by atoms with van der Waals surface area (Å²) < 4.78 is 36.1. The highest BCUT2D eigenvalue weighted by Gasteiger charge is 2.25. The quantitative estimate of drug-likeness (QED) is 0.494. The van der Waals surface area contributed by atoms with E-state index in [9.17, 15) is 8.78 Å². The summed E-state index contributed by atoms with van der Waals surface area (Å²) in [5.74, 6) is 0.314. The molecule has 0 bridgehead atoms. The average molecular weight is 249 g/mol. The molecule has 3 nitrogen and oxygen atoms in total. The van der Waals surface area contributed by atoms with Gasteiger partial charge in [0.15, 0.2) is 0 Å². The van der Waals surface area contributed by atoms with E-state index < -0.39 is 5.66 Å². The van der Waals surface area contributed by atoms with Gasteiger partial charge in [-0.3, -0.25) is 0 Å². The number of hydrogen-bond acceptors (Lipinski definition) is 3. The Morgan fingerprint density at radius 3 is 2.56 bits per heavy atom. The highest BCUT2D eigenvalue weighted by atomic mass is 31.0. The minimum absolute atomic E-state index is 0.190. The Morgan fingerprint density at radius 2 is 2.00 bits per heavy atom. The van der Waals surface area contributed by atoms with Gasteiger partial charge in [0.2, 0.25) is 0 Å². The lowest BCUT2D eigenvalue weighted by Gasteiger charge is -2.13. The Hall–Kier alpha value is -0.930. The first-order valence-electron chi connectivity index (χ1n) is 4.63. The first kappa shape index (κ1) is 13.1. The van der Waals surface area contributed by atoms with Crippen LogP contribution in [0.2, 0.25) is 0 Å². The van der Waals surface area contributed by atoms with E-state index in [0.717, 1.165) is 0 Å². The van der Waals surface area contributed by atoms with Crippen molar-refractivity contribution in [3.05, 3.63) is 23.8 Å². The van der Waals surface area contributed by atoms with Crippen molar-refractivity contribution >= 4 is 14.9 Å². The fourth-order valence-electron chi connectivity index (χ4n) is 1.14. The molecule has 1 aromatic rings. The van der Waals surface area contributed by atoms with Gasteiger partial charge in [-0.1, -0.05) is 9.24 Å². The third kappa shape index (κ3) is 3.91. The molecule has 2 N–H and O–H groups in total. The molecule has 0 aliphatic rings. The van der Waals surface area contributed by atoms with Crippen LogP contribution in [0.15, 0.2) is 18.2 Å². The van der Waals surface area contributed by atoms with Crippen molar-refractivity contribution in [1.29, 1.82) is 0 Å². The Kier molecular flexibility index (Phi) is 4.44. The van der Waals surface area contributed by atoms with Gasteiger partial charge in [0.25, 0.3) is 5.66 Å². The molecule has 16 heavy (non-hydrogen) atoms. The molecule has 0 fully saturated rings. The van der Waals surface area contributed by atoms with Crippen LogP contribution in [0.25, 0.3) is 0 Å². The fraction of sp³-hybridized carbons (Fsp3) is 0.400. The Bertz CT molecular complexity index is 355. The first-order chi connectivity index (χ1) is 7.43. The molecule has 0 spiro atoms. The second-order valence-electron chi connectivity index (χ2n) is 3.25. The summed E-state index contributed by atoms with van der Waals surface area (Å²) in [5, 5.41) is 0. The van der Waals surface area contributed by atoms with Gasteiger partial charge < -0.3 is 15.2 Å². The second kappa shape index (κ2) is 5.41. The van der Waals surface area contributed by atoms with Crippen LogP contribution in [0.1, 0.15) is 5.56 Å². The lowest BCUT2D eigenvalue weighted by atomic mass is 10.2. The summed E-state index contributed by atoms with van der Waals surface area (Å²) >= 11 is 0.